The summed E-state index contributed by atoms with van der Waals surface area (Å²) < 4.78 is 15.3. The minimum absolute atomic E-state index is 0.175. The van der Waals surface area contributed by atoms with Crippen LogP contribution in [0.3, 0.4) is 0 Å². The fraction of sp³-hybridized carbons (Fsp3) is 0.458. The molecule has 0 spiro atoms. The number of aromatic hydroxyl groups is 1. The Balaban J connectivity index is 1.97. The molecule has 2 N–H and O–H groups in total. The molecule has 0 bridgehead atoms. The molecule has 2 heterocycles. The van der Waals surface area contributed by atoms with Gasteiger partial charge in [-0.25, -0.2) is 9.59 Å². The number of carbonyl (C=O) groups excluding carboxylic acids is 2. The van der Waals surface area contributed by atoms with Gasteiger partial charge in [0.15, 0.2) is 10.8 Å². The number of Topliss-reactive ketones (excluding diaryl/α,β-unsaturated/α-hetero) is 1. The molecule has 2 atom stereocenters. The molecule has 0 saturated heterocycles. The number of allylic oxidation sites excluding steroid dienone is 1. The smallest absolute Gasteiger partial charge is 0.410 e. The number of thiophene rings is 1. The molecule has 1 amide bonds. The molecule has 0 radical (unpaired) electrons. The van der Waals surface area contributed by atoms with Gasteiger partial charge < -0.3 is 19.0 Å². The first kappa shape index (κ1) is 26.2. The lowest BCUT2D eigenvalue weighted by Gasteiger charge is -2.13. The Labute approximate surface area is 197 Å². The number of aryl methyl sites for hydroxylation is 1. The zero-order chi connectivity index (χ0) is 24.4. The number of hydrogen-bond acceptors (Lipinski definition) is 8. The van der Waals surface area contributed by atoms with Gasteiger partial charge in [0.25, 0.3) is 0 Å². The summed E-state index contributed by atoms with van der Waals surface area (Å²) in [6, 6.07) is 5.22. The summed E-state index contributed by atoms with van der Waals surface area (Å²) >= 11 is 1.54. The number of amides is 1. The van der Waals surface area contributed by atoms with Crippen molar-refractivity contribution >= 4 is 23.2 Å². The van der Waals surface area contributed by atoms with E-state index < -0.39 is 23.4 Å². The van der Waals surface area contributed by atoms with E-state index in [4.69, 9.17) is 9.15 Å². The van der Waals surface area contributed by atoms with E-state index in [1.165, 1.54) is 30.7 Å². The second kappa shape index (κ2) is 12.8. The van der Waals surface area contributed by atoms with Crippen molar-refractivity contribution < 1.29 is 28.6 Å². The molecule has 0 saturated carbocycles. The fourth-order valence-electron chi connectivity index (χ4n) is 3.18. The second-order valence-corrected chi connectivity index (χ2v) is 8.80. The molecular formula is C24H31NO7S. The highest BCUT2D eigenvalue weighted by Gasteiger charge is 2.25. The van der Waals surface area contributed by atoms with Crippen molar-refractivity contribution in [3.8, 4) is 10.8 Å². The standard InChI is InChI=1S/C24H31NO7S/c1-5-31-20-12-11-17(33-20)10-9-16(3)22(27)21-18(26)14-19(32-23(21)28)15(2)8-6-7-13-25-24(29)30-4/h7,11-16,26H,5-6,8-10H2,1-4H3,(H,25,29)/b13-7+. The van der Waals surface area contributed by atoms with E-state index in [1.807, 2.05) is 26.0 Å². The van der Waals surface area contributed by atoms with Crippen molar-refractivity contribution in [3.05, 3.63) is 57.1 Å². The Kier molecular flexibility index (Phi) is 10.2. The second-order valence-electron chi connectivity index (χ2n) is 7.67. The van der Waals surface area contributed by atoms with Gasteiger partial charge >= 0.3 is 11.7 Å². The summed E-state index contributed by atoms with van der Waals surface area (Å²) in [5.41, 5.74) is -1.13. The zero-order valence-electron chi connectivity index (χ0n) is 19.4. The molecule has 0 aliphatic rings. The molecule has 2 unspecified atom stereocenters. The maximum Gasteiger partial charge on any atom is 0.410 e. The van der Waals surface area contributed by atoms with Crippen molar-refractivity contribution in [2.75, 3.05) is 13.7 Å². The lowest BCUT2D eigenvalue weighted by molar-refractivity contribution is 0.0916. The Morgan fingerprint density at radius 2 is 2.03 bits per heavy atom. The average Bonchev–Trinajstić information content (AvgIpc) is 3.23. The summed E-state index contributed by atoms with van der Waals surface area (Å²) in [6.07, 6.45) is 5.07. The van der Waals surface area contributed by atoms with Gasteiger partial charge in [-0.2, -0.15) is 0 Å². The third-order valence-corrected chi connectivity index (χ3v) is 6.21. The van der Waals surface area contributed by atoms with Crippen LogP contribution in [-0.4, -0.2) is 30.7 Å². The number of carbonyl (C=O) groups is 2. The van der Waals surface area contributed by atoms with Crippen LogP contribution in [0.5, 0.6) is 10.8 Å². The van der Waals surface area contributed by atoms with Gasteiger partial charge in [0.1, 0.15) is 17.1 Å². The Hall–Kier alpha value is -3.07. The number of nitrogens with one attached hydrogen (secondary N) is 1. The summed E-state index contributed by atoms with van der Waals surface area (Å²) in [5, 5.41) is 13.7. The lowest BCUT2D eigenvalue weighted by atomic mass is 9.94. The average molecular weight is 478 g/mol. The molecule has 0 aliphatic heterocycles. The monoisotopic (exact) mass is 477 g/mol. The third kappa shape index (κ3) is 7.78. The van der Waals surface area contributed by atoms with Gasteiger partial charge in [-0.1, -0.05) is 19.9 Å². The molecule has 8 nitrogen and oxygen atoms in total. The van der Waals surface area contributed by atoms with E-state index in [1.54, 1.807) is 13.0 Å². The molecule has 33 heavy (non-hydrogen) atoms. The SMILES string of the molecule is CCOc1ccc(CCC(C)C(=O)c2c(O)cc(C(C)CC/C=C/NC(=O)OC)oc2=O)s1. The lowest BCUT2D eigenvalue weighted by Crippen LogP contribution is -2.21. The molecule has 2 rings (SSSR count). The largest absolute Gasteiger partial charge is 0.507 e. The van der Waals surface area contributed by atoms with Crippen LogP contribution in [-0.2, 0) is 11.2 Å². The topological polar surface area (TPSA) is 115 Å². The molecule has 2 aromatic rings. The van der Waals surface area contributed by atoms with E-state index in [0.717, 1.165) is 9.94 Å². The Morgan fingerprint density at radius 1 is 1.27 bits per heavy atom. The molecule has 9 heteroatoms. The van der Waals surface area contributed by atoms with Crippen molar-refractivity contribution in [1.29, 1.82) is 0 Å². The van der Waals surface area contributed by atoms with Crippen LogP contribution in [0.4, 0.5) is 4.79 Å². The predicted octanol–water partition coefficient (Wildman–Crippen LogP) is 5.01. The number of rotatable bonds is 12. The molecule has 2 aromatic heterocycles. The van der Waals surface area contributed by atoms with Crippen molar-refractivity contribution in [2.24, 2.45) is 5.92 Å². The van der Waals surface area contributed by atoms with E-state index in [9.17, 15) is 19.5 Å². The van der Waals surface area contributed by atoms with Gasteiger partial charge in [0.05, 0.1) is 13.7 Å². The first-order chi connectivity index (χ1) is 15.8. The van der Waals surface area contributed by atoms with Crippen LogP contribution in [0.1, 0.15) is 66.9 Å². The van der Waals surface area contributed by atoms with Crippen molar-refractivity contribution in [3.63, 3.8) is 0 Å². The van der Waals surface area contributed by atoms with Crippen molar-refractivity contribution in [2.45, 2.75) is 52.4 Å². The highest BCUT2D eigenvalue weighted by molar-refractivity contribution is 7.13. The normalized spacial score (nSPS) is 13.0. The van der Waals surface area contributed by atoms with Gasteiger partial charge in [0.2, 0.25) is 0 Å². The summed E-state index contributed by atoms with van der Waals surface area (Å²) in [5.74, 6) is -1.11. The molecular weight excluding hydrogens is 446 g/mol. The number of ketones is 1. The Bertz CT molecular complexity index is 1020. The highest BCUT2D eigenvalue weighted by Crippen LogP contribution is 2.29. The molecule has 0 fully saturated rings. The third-order valence-electron chi connectivity index (χ3n) is 5.15. The molecule has 180 valence electrons. The minimum Gasteiger partial charge on any atom is -0.507 e. The van der Waals surface area contributed by atoms with Gasteiger partial charge in [-0.15, -0.1) is 11.3 Å². The van der Waals surface area contributed by atoms with Gasteiger partial charge in [-0.05, 0) is 44.7 Å². The highest BCUT2D eigenvalue weighted by atomic mass is 32.1. The van der Waals surface area contributed by atoms with Crippen LogP contribution in [0.15, 0.2) is 39.7 Å². The van der Waals surface area contributed by atoms with Crippen LogP contribution in [0, 0.1) is 5.92 Å². The van der Waals surface area contributed by atoms with Crippen LogP contribution >= 0.6 is 11.3 Å². The first-order valence-corrected chi connectivity index (χ1v) is 11.7. The zero-order valence-corrected chi connectivity index (χ0v) is 20.2. The minimum atomic E-state index is -0.827. The van der Waals surface area contributed by atoms with Crippen LogP contribution in [0.25, 0.3) is 0 Å². The number of methoxy groups -OCH3 is 1. The summed E-state index contributed by atoms with van der Waals surface area (Å²) in [7, 11) is 1.27. The first-order valence-electron chi connectivity index (χ1n) is 10.9. The fourth-order valence-corrected chi connectivity index (χ4v) is 4.10. The van der Waals surface area contributed by atoms with Gasteiger partial charge in [-0.3, -0.25) is 10.1 Å². The quantitative estimate of drug-likeness (QED) is 0.413. The van der Waals surface area contributed by atoms with Gasteiger partial charge in [0, 0.05) is 29.0 Å². The van der Waals surface area contributed by atoms with Crippen LogP contribution in [0.2, 0.25) is 0 Å². The predicted molar refractivity (Wildman–Crippen MR) is 126 cm³/mol. The molecule has 0 aromatic carbocycles. The maximum atomic E-state index is 12.8. The van der Waals surface area contributed by atoms with E-state index in [2.05, 4.69) is 10.1 Å². The van der Waals surface area contributed by atoms with Crippen molar-refractivity contribution in [1.82, 2.24) is 5.32 Å². The number of ether oxygens (including phenoxy) is 2. The Morgan fingerprint density at radius 3 is 2.70 bits per heavy atom. The van der Waals surface area contributed by atoms with E-state index in [-0.39, 0.29) is 17.2 Å². The van der Waals surface area contributed by atoms with E-state index >= 15 is 0 Å². The van der Waals surface area contributed by atoms with Crippen LogP contribution < -0.4 is 15.7 Å². The summed E-state index contributed by atoms with van der Waals surface area (Å²) in [4.78, 5) is 37.4. The molecule has 0 aliphatic carbocycles. The number of alkyl carbamates (subject to hydrolysis) is 1. The summed E-state index contributed by atoms with van der Waals surface area (Å²) in [6.45, 7) is 6.11. The number of hydrogen-bond donors (Lipinski definition) is 2. The maximum absolute atomic E-state index is 12.8. The van der Waals surface area contributed by atoms with E-state index in [0.29, 0.717) is 38.1 Å².